The molecule has 6 aliphatic carbocycles. The molecule has 0 heterocycles. The number of hydrogen-bond acceptors (Lipinski definition) is 3. The highest BCUT2D eigenvalue weighted by Gasteiger charge is 2.70. The van der Waals surface area contributed by atoms with Crippen LogP contribution in [0.4, 0.5) is 4.39 Å². The van der Waals surface area contributed by atoms with Gasteiger partial charge in [-0.2, -0.15) is 0 Å². The van der Waals surface area contributed by atoms with Crippen LogP contribution in [0.3, 0.4) is 0 Å². The number of carbonyl (C=O) groups is 1. The molecule has 49 heavy (non-hydrogen) atoms. The third-order valence-corrected chi connectivity index (χ3v) is 16.7. The van der Waals surface area contributed by atoms with Crippen molar-refractivity contribution < 1.29 is 13.9 Å². The number of rotatable bonds is 7. The predicted octanol–water partition coefficient (Wildman–Crippen LogP) is 11.1. The number of benzene rings is 1. The van der Waals surface area contributed by atoms with Crippen molar-refractivity contribution in [1.29, 1.82) is 0 Å². The van der Waals surface area contributed by atoms with Gasteiger partial charge in [-0.05, 0) is 158 Å². The zero-order chi connectivity index (χ0) is 35.0. The predicted molar refractivity (Wildman–Crippen MR) is 198 cm³/mol. The lowest BCUT2D eigenvalue weighted by Gasteiger charge is -2.72. The van der Waals surface area contributed by atoms with Crippen LogP contribution in [-0.4, -0.2) is 18.2 Å². The fraction of sp³-hybridized carbons (Fsp3) is 0.711. The van der Waals surface area contributed by atoms with Crippen molar-refractivity contribution >= 4 is 5.97 Å². The van der Waals surface area contributed by atoms with Gasteiger partial charge in [-0.25, -0.2) is 4.39 Å². The molecule has 4 fully saturated rings. The van der Waals surface area contributed by atoms with Crippen molar-refractivity contribution in [3.05, 3.63) is 71.3 Å². The first-order valence-electron chi connectivity index (χ1n) is 19.7. The van der Waals surface area contributed by atoms with Gasteiger partial charge in [0.2, 0.25) is 0 Å². The molecule has 1 aromatic rings. The Hall–Kier alpha value is -2.20. The molecule has 0 amide bonds. The van der Waals surface area contributed by atoms with Crippen molar-refractivity contribution in [3.8, 4) is 0 Å². The van der Waals surface area contributed by atoms with Gasteiger partial charge in [0.25, 0.3) is 0 Å². The Bertz CT molecular complexity index is 1530. The van der Waals surface area contributed by atoms with Gasteiger partial charge in [-0.15, -0.1) is 6.58 Å². The number of alkyl halides is 1. The third-order valence-electron chi connectivity index (χ3n) is 16.7. The molecule has 0 bridgehead atoms. The van der Waals surface area contributed by atoms with E-state index in [1.165, 1.54) is 68.1 Å². The molecule has 2 N–H and O–H groups in total. The van der Waals surface area contributed by atoms with E-state index >= 15 is 0 Å². The first kappa shape index (κ1) is 35.2. The van der Waals surface area contributed by atoms with Gasteiger partial charge in [0.1, 0.15) is 13.3 Å². The molecule has 7 rings (SSSR count). The summed E-state index contributed by atoms with van der Waals surface area (Å²) in [7, 11) is 0. The maximum atomic E-state index is 14.7. The van der Waals surface area contributed by atoms with Gasteiger partial charge < -0.3 is 10.5 Å². The number of ether oxygens (including phenoxy) is 1. The largest absolute Gasteiger partial charge is 0.460 e. The Balaban J connectivity index is 1.12. The summed E-state index contributed by atoms with van der Waals surface area (Å²) in [5, 5.41) is 0. The summed E-state index contributed by atoms with van der Waals surface area (Å²) in [6, 6.07) is 9.69. The summed E-state index contributed by atoms with van der Waals surface area (Å²) in [6.45, 7) is 19.1. The van der Waals surface area contributed by atoms with E-state index in [1.54, 1.807) is 0 Å². The van der Waals surface area contributed by atoms with Crippen LogP contribution in [0.15, 0.2) is 65.8 Å². The van der Waals surface area contributed by atoms with Crippen molar-refractivity contribution in [2.24, 2.45) is 62.4 Å². The summed E-state index contributed by atoms with van der Waals surface area (Å²) in [4.78, 5) is 13.3. The molecule has 0 aliphatic heterocycles. The van der Waals surface area contributed by atoms with Crippen LogP contribution in [-0.2, 0) is 16.1 Å². The maximum absolute atomic E-state index is 14.7. The second-order valence-corrected chi connectivity index (χ2v) is 19.3. The molecule has 0 radical (unpaired) electrons. The van der Waals surface area contributed by atoms with Gasteiger partial charge in [-0.3, -0.25) is 4.79 Å². The molecule has 10 atom stereocenters. The standard InChI is InChI=1S/C45H64FNO2/c1-30(2)27-33-17-24-45(47)26-25-42(6)35(38(33)45)13-14-37-41(5)20-18-34(40(3,4)36(41)19-21-43(37,42)7)32-15-22-44(29-46,23-16-32)39(48)49-28-31-11-9-8-10-12-31/h8-12,15,18,33,35-38H,1,13-14,16-17,19-29,47H2,2-7H3. The smallest absolute Gasteiger partial charge is 0.315 e. The number of nitrogens with two attached hydrogens (primary N) is 1. The lowest BCUT2D eigenvalue weighted by atomic mass is 9.33. The zero-order valence-corrected chi connectivity index (χ0v) is 31.5. The first-order chi connectivity index (χ1) is 23.1. The lowest BCUT2D eigenvalue weighted by Crippen LogP contribution is -2.67. The number of hydrogen-bond donors (Lipinski definition) is 1. The molecular formula is C45H64FNO2. The van der Waals surface area contributed by atoms with E-state index in [0.29, 0.717) is 53.3 Å². The summed E-state index contributed by atoms with van der Waals surface area (Å²) in [5.41, 5.74) is 12.3. The van der Waals surface area contributed by atoms with Crippen molar-refractivity contribution in [1.82, 2.24) is 0 Å². The second kappa shape index (κ2) is 12.2. The molecule has 0 aromatic heterocycles. The van der Waals surface area contributed by atoms with Crippen LogP contribution in [0.1, 0.15) is 131 Å². The SMILES string of the molecule is C=C(C)CC1CCC2(N)CCC3(C)C(CCC4C5(C)CC=C(C6=CCC(CF)(C(=O)OCc7ccccc7)CC6)C(C)(C)C5CCC43C)C12. The van der Waals surface area contributed by atoms with E-state index < -0.39 is 18.1 Å². The zero-order valence-electron chi connectivity index (χ0n) is 31.5. The van der Waals surface area contributed by atoms with E-state index in [1.807, 2.05) is 30.3 Å². The number of allylic oxidation sites excluding steroid dienone is 5. The molecule has 268 valence electrons. The van der Waals surface area contributed by atoms with Crippen LogP contribution in [0.5, 0.6) is 0 Å². The second-order valence-electron chi connectivity index (χ2n) is 19.3. The van der Waals surface area contributed by atoms with E-state index in [9.17, 15) is 9.18 Å². The van der Waals surface area contributed by atoms with Crippen molar-refractivity contribution in [2.45, 2.75) is 137 Å². The maximum Gasteiger partial charge on any atom is 0.315 e. The minimum absolute atomic E-state index is 0.0190. The van der Waals surface area contributed by atoms with Crippen LogP contribution < -0.4 is 5.73 Å². The lowest BCUT2D eigenvalue weighted by molar-refractivity contribution is -0.219. The Labute approximate surface area is 296 Å². The van der Waals surface area contributed by atoms with Crippen LogP contribution in [0.2, 0.25) is 0 Å². The van der Waals surface area contributed by atoms with Crippen LogP contribution in [0.25, 0.3) is 0 Å². The summed E-state index contributed by atoms with van der Waals surface area (Å²) in [6.07, 6.45) is 18.8. The Morgan fingerprint density at radius 1 is 0.898 bits per heavy atom. The first-order valence-corrected chi connectivity index (χ1v) is 19.7. The quantitative estimate of drug-likeness (QED) is 0.232. The van der Waals surface area contributed by atoms with Gasteiger partial charge in [0.15, 0.2) is 0 Å². The fourth-order valence-corrected chi connectivity index (χ4v) is 14.0. The average Bonchev–Trinajstić information content (AvgIpc) is 3.39. The molecule has 0 saturated heterocycles. The molecule has 0 spiro atoms. The van der Waals surface area contributed by atoms with Gasteiger partial charge in [-0.1, -0.05) is 82.7 Å². The van der Waals surface area contributed by atoms with Crippen molar-refractivity contribution in [2.75, 3.05) is 6.67 Å². The monoisotopic (exact) mass is 669 g/mol. The van der Waals surface area contributed by atoms with E-state index in [4.69, 9.17) is 10.5 Å². The van der Waals surface area contributed by atoms with Crippen LogP contribution >= 0.6 is 0 Å². The van der Waals surface area contributed by atoms with E-state index in [2.05, 4.69) is 60.3 Å². The topological polar surface area (TPSA) is 52.3 Å². The third kappa shape index (κ3) is 5.30. The highest BCUT2D eigenvalue weighted by Crippen LogP contribution is 2.76. The molecule has 4 saturated carbocycles. The number of esters is 1. The molecule has 1 aromatic carbocycles. The van der Waals surface area contributed by atoms with Crippen molar-refractivity contribution in [3.63, 3.8) is 0 Å². The molecule has 10 unspecified atom stereocenters. The number of halogens is 1. The summed E-state index contributed by atoms with van der Waals surface area (Å²) >= 11 is 0. The summed E-state index contributed by atoms with van der Waals surface area (Å²) in [5.74, 6) is 2.94. The van der Waals surface area contributed by atoms with Gasteiger partial charge in [0, 0.05) is 5.54 Å². The Morgan fingerprint density at radius 3 is 2.33 bits per heavy atom. The average molecular weight is 670 g/mol. The Kier molecular flexibility index (Phi) is 8.77. The summed E-state index contributed by atoms with van der Waals surface area (Å²) < 4.78 is 20.4. The molecule has 4 heteroatoms. The normalized spacial score (nSPS) is 44.0. The van der Waals surface area contributed by atoms with Crippen LogP contribution in [0, 0.1) is 56.7 Å². The fourth-order valence-electron chi connectivity index (χ4n) is 14.0. The minimum Gasteiger partial charge on any atom is -0.460 e. The number of fused-ring (bicyclic) bond motifs is 7. The van der Waals surface area contributed by atoms with E-state index in [-0.39, 0.29) is 23.0 Å². The molecule has 6 aliphatic rings. The minimum atomic E-state index is -1.07. The highest BCUT2D eigenvalue weighted by molar-refractivity contribution is 5.78. The molecule has 3 nitrogen and oxygen atoms in total. The van der Waals surface area contributed by atoms with E-state index in [0.717, 1.165) is 24.8 Å². The Morgan fingerprint density at radius 2 is 1.65 bits per heavy atom. The van der Waals surface area contributed by atoms with Gasteiger partial charge in [0.05, 0.1) is 5.41 Å². The molecular weight excluding hydrogens is 605 g/mol. The highest BCUT2D eigenvalue weighted by atomic mass is 19.1. The number of carbonyl (C=O) groups excluding carboxylic acids is 1. The van der Waals surface area contributed by atoms with Gasteiger partial charge >= 0.3 is 5.97 Å².